The van der Waals surface area contributed by atoms with Gasteiger partial charge in [-0.15, -0.1) is 0 Å². The molecule has 26 heavy (non-hydrogen) atoms. The molecule has 0 heterocycles. The van der Waals surface area contributed by atoms with E-state index in [2.05, 4.69) is 0 Å². The summed E-state index contributed by atoms with van der Waals surface area (Å²) in [7, 11) is -5.96. The molecule has 0 saturated carbocycles. The third-order valence-corrected chi connectivity index (χ3v) is 10.6. The zero-order valence-corrected chi connectivity index (χ0v) is 16.1. The standard InChI is InChI=1S/C16H15F4IO4S/c17-15(18,11-12-22)16(19,20)26(23,24)25-21(13-7-3-1-4-8-13)14-9-5-2-6-10-14/h1-10,22H,11-12H2. The molecule has 0 bridgehead atoms. The fourth-order valence-corrected chi connectivity index (χ4v) is 8.91. The molecule has 0 unspecified atom stereocenters. The van der Waals surface area contributed by atoms with Crippen LogP contribution >= 0.6 is 20.2 Å². The normalized spacial score (nSPS) is 13.5. The van der Waals surface area contributed by atoms with Crippen molar-refractivity contribution in [1.82, 2.24) is 0 Å². The maximum absolute atomic E-state index is 14.0. The second kappa shape index (κ2) is 8.19. The number of benzene rings is 2. The molecule has 0 fully saturated rings. The van der Waals surface area contributed by atoms with Gasteiger partial charge in [0.1, 0.15) is 0 Å². The second-order valence-corrected chi connectivity index (χ2v) is 11.6. The molecule has 4 nitrogen and oxygen atoms in total. The number of rotatable bonds is 8. The van der Waals surface area contributed by atoms with E-state index in [1.54, 1.807) is 36.4 Å². The average molecular weight is 506 g/mol. The molecule has 0 amide bonds. The van der Waals surface area contributed by atoms with Crippen LogP contribution in [0.5, 0.6) is 0 Å². The Morgan fingerprint density at radius 2 is 1.31 bits per heavy atom. The fourth-order valence-electron chi connectivity index (χ4n) is 1.85. The van der Waals surface area contributed by atoms with Gasteiger partial charge >= 0.3 is 156 Å². The van der Waals surface area contributed by atoms with E-state index in [0.717, 1.165) is 0 Å². The van der Waals surface area contributed by atoms with Gasteiger partial charge < -0.3 is 0 Å². The number of hydrogen-bond donors (Lipinski definition) is 1. The Kier molecular flexibility index (Phi) is 6.64. The molecule has 1 N–H and O–H groups in total. The van der Waals surface area contributed by atoms with Crippen LogP contribution in [0.4, 0.5) is 17.6 Å². The van der Waals surface area contributed by atoms with E-state index < -0.39 is 54.6 Å². The molecule has 0 aliphatic carbocycles. The molecule has 0 aliphatic heterocycles. The van der Waals surface area contributed by atoms with Crippen molar-refractivity contribution in [3.8, 4) is 0 Å². The summed E-state index contributed by atoms with van der Waals surface area (Å²) in [5.74, 6) is -4.96. The van der Waals surface area contributed by atoms with Crippen LogP contribution in [0, 0.1) is 7.14 Å². The Bertz CT molecular complexity index is 777. The zero-order chi connectivity index (χ0) is 19.4. The summed E-state index contributed by atoms with van der Waals surface area (Å²) in [6.45, 7) is -1.29. The van der Waals surface area contributed by atoms with Crippen molar-refractivity contribution >= 4 is 30.4 Å². The van der Waals surface area contributed by atoms with Crippen molar-refractivity contribution in [2.45, 2.75) is 17.6 Å². The van der Waals surface area contributed by atoms with Crippen LogP contribution in [0.3, 0.4) is 0 Å². The molecule has 2 aromatic rings. The summed E-state index contributed by atoms with van der Waals surface area (Å²) in [6, 6.07) is 15.5. The van der Waals surface area contributed by atoms with Gasteiger partial charge in [-0.2, -0.15) is 0 Å². The van der Waals surface area contributed by atoms with Gasteiger partial charge in [0.25, 0.3) is 0 Å². The summed E-state index contributed by atoms with van der Waals surface area (Å²) < 4.78 is 84.7. The average Bonchev–Trinajstić information content (AvgIpc) is 2.61. The van der Waals surface area contributed by atoms with Crippen molar-refractivity contribution in [1.29, 1.82) is 0 Å². The molecule has 144 valence electrons. The predicted octanol–water partition coefficient (Wildman–Crippen LogP) is 4.10. The molecule has 0 radical (unpaired) electrons. The third-order valence-electron chi connectivity index (χ3n) is 3.17. The van der Waals surface area contributed by atoms with Gasteiger partial charge in [-0.1, -0.05) is 0 Å². The first-order valence-corrected chi connectivity index (χ1v) is 11.7. The Labute approximate surface area is 155 Å². The molecule has 10 heteroatoms. The summed E-state index contributed by atoms with van der Waals surface area (Å²) in [5, 5.41) is 3.06. The topological polar surface area (TPSA) is 63.6 Å². The van der Waals surface area contributed by atoms with Crippen LogP contribution < -0.4 is 0 Å². The van der Waals surface area contributed by atoms with Gasteiger partial charge in [-0.3, -0.25) is 0 Å². The van der Waals surface area contributed by atoms with E-state index in [0.29, 0.717) is 7.14 Å². The Morgan fingerprint density at radius 3 is 1.69 bits per heavy atom. The Hall–Kier alpha value is -1.24. The van der Waals surface area contributed by atoms with Crippen LogP contribution in [-0.2, 0) is 12.6 Å². The van der Waals surface area contributed by atoms with Crippen molar-refractivity contribution in [2.75, 3.05) is 6.61 Å². The maximum atomic E-state index is 14.0. The van der Waals surface area contributed by atoms with Gasteiger partial charge in [0.2, 0.25) is 0 Å². The van der Waals surface area contributed by atoms with Gasteiger partial charge in [0.15, 0.2) is 0 Å². The second-order valence-electron chi connectivity index (χ2n) is 5.05. The molecule has 0 aromatic heterocycles. The Morgan fingerprint density at radius 1 is 0.885 bits per heavy atom. The van der Waals surface area contributed by atoms with Crippen LogP contribution in [0.25, 0.3) is 0 Å². The van der Waals surface area contributed by atoms with E-state index in [4.69, 9.17) is 7.62 Å². The van der Waals surface area contributed by atoms with E-state index in [1.165, 1.54) is 24.3 Å². The van der Waals surface area contributed by atoms with Crippen LogP contribution in [0.2, 0.25) is 0 Å². The molecular formula is C16H15F4IO4S. The van der Waals surface area contributed by atoms with Crippen LogP contribution in [0.1, 0.15) is 6.42 Å². The molecular weight excluding hydrogens is 491 g/mol. The number of aliphatic hydroxyl groups excluding tert-OH is 1. The first-order valence-electron chi connectivity index (χ1n) is 7.23. The molecule has 0 aliphatic rings. The summed E-state index contributed by atoms with van der Waals surface area (Å²) >= 11 is -3.45. The molecule has 0 atom stereocenters. The van der Waals surface area contributed by atoms with Gasteiger partial charge in [0.05, 0.1) is 0 Å². The zero-order valence-electron chi connectivity index (χ0n) is 13.2. The van der Waals surface area contributed by atoms with E-state index in [-0.39, 0.29) is 0 Å². The minimum atomic E-state index is -5.96. The minimum absolute atomic E-state index is 0.354. The number of halogens is 5. The molecule has 2 aromatic carbocycles. The molecule has 2 rings (SSSR count). The summed E-state index contributed by atoms with van der Waals surface area (Å²) in [4.78, 5) is 0. The monoisotopic (exact) mass is 506 g/mol. The van der Waals surface area contributed by atoms with Gasteiger partial charge in [0, 0.05) is 0 Å². The van der Waals surface area contributed by atoms with E-state index >= 15 is 0 Å². The van der Waals surface area contributed by atoms with Gasteiger partial charge in [-0.05, 0) is 0 Å². The van der Waals surface area contributed by atoms with Crippen molar-refractivity contribution in [3.63, 3.8) is 0 Å². The van der Waals surface area contributed by atoms with Gasteiger partial charge in [-0.25, -0.2) is 0 Å². The fraction of sp³-hybridized carbons (Fsp3) is 0.250. The van der Waals surface area contributed by atoms with E-state index in [1.807, 2.05) is 0 Å². The first-order chi connectivity index (χ1) is 12.1. The predicted molar refractivity (Wildman–Crippen MR) is 95.9 cm³/mol. The SMILES string of the molecule is O=S(=O)(OI(c1ccccc1)c1ccccc1)C(F)(F)C(F)(F)CCO. The van der Waals surface area contributed by atoms with Crippen molar-refractivity contribution in [3.05, 3.63) is 67.8 Å². The van der Waals surface area contributed by atoms with Crippen LogP contribution in [-0.4, -0.2) is 31.3 Å². The van der Waals surface area contributed by atoms with E-state index in [9.17, 15) is 26.0 Å². The molecule has 0 spiro atoms. The van der Waals surface area contributed by atoms with Crippen molar-refractivity contribution in [2.24, 2.45) is 0 Å². The first kappa shape index (κ1) is 21.1. The molecule has 0 saturated heterocycles. The van der Waals surface area contributed by atoms with Crippen LogP contribution in [0.15, 0.2) is 60.7 Å². The number of hydrogen-bond acceptors (Lipinski definition) is 4. The number of alkyl halides is 4. The third kappa shape index (κ3) is 4.35. The quantitative estimate of drug-likeness (QED) is 0.433. The number of aliphatic hydroxyl groups is 1. The summed E-state index contributed by atoms with van der Waals surface area (Å²) in [5.41, 5.74) is 0. The van der Waals surface area contributed by atoms with Crippen molar-refractivity contribution < 1.29 is 33.6 Å². The Balaban J connectivity index is 2.45. The summed E-state index contributed by atoms with van der Waals surface area (Å²) in [6.07, 6.45) is -1.70.